The number of sulfonamides is 1. The number of halogens is 1. The van der Waals surface area contributed by atoms with Crippen LogP contribution in [0.2, 0.25) is 0 Å². The van der Waals surface area contributed by atoms with E-state index in [1.807, 2.05) is 0 Å². The minimum Gasteiger partial charge on any atom is -0.399 e. The molecule has 0 spiro atoms. The molecule has 19 heavy (non-hydrogen) atoms. The van der Waals surface area contributed by atoms with Gasteiger partial charge in [-0.15, -0.1) is 0 Å². The third kappa shape index (κ3) is 2.88. The van der Waals surface area contributed by atoms with Crippen molar-refractivity contribution in [3.05, 3.63) is 24.0 Å². The summed E-state index contributed by atoms with van der Waals surface area (Å²) in [5, 5.41) is 9.28. The average Bonchev–Trinajstić information content (AvgIpc) is 2.37. The fourth-order valence-corrected chi connectivity index (χ4v) is 4.09. The van der Waals surface area contributed by atoms with Gasteiger partial charge in [0.2, 0.25) is 10.0 Å². The standard InChI is InChI=1S/C12H17FN2O3S/c13-9-5-10(14)7-12(6-9)19(17,18)15-4-2-1-3-11(15)8-16/h5-7,11,16H,1-4,8,14H2. The zero-order valence-electron chi connectivity index (χ0n) is 10.4. The number of nitrogen functional groups attached to an aromatic ring is 1. The molecule has 1 heterocycles. The second kappa shape index (κ2) is 5.44. The smallest absolute Gasteiger partial charge is 0.243 e. The lowest BCUT2D eigenvalue weighted by molar-refractivity contribution is 0.155. The zero-order valence-corrected chi connectivity index (χ0v) is 11.2. The fraction of sp³-hybridized carbons (Fsp3) is 0.500. The molecular weight excluding hydrogens is 271 g/mol. The number of aliphatic hydroxyl groups excluding tert-OH is 1. The molecule has 3 N–H and O–H groups in total. The lowest BCUT2D eigenvalue weighted by Gasteiger charge is -2.33. The van der Waals surface area contributed by atoms with Crippen LogP contribution in [0, 0.1) is 5.82 Å². The molecule has 0 saturated carbocycles. The van der Waals surface area contributed by atoms with E-state index >= 15 is 0 Å². The van der Waals surface area contributed by atoms with Crippen LogP contribution in [0.4, 0.5) is 10.1 Å². The van der Waals surface area contributed by atoms with Crippen molar-refractivity contribution in [1.29, 1.82) is 0 Å². The molecule has 0 amide bonds. The molecule has 106 valence electrons. The van der Waals surface area contributed by atoms with E-state index in [0.717, 1.165) is 25.0 Å². The molecule has 0 bridgehead atoms. The Morgan fingerprint density at radius 2 is 2.11 bits per heavy atom. The fourth-order valence-electron chi connectivity index (χ4n) is 2.34. The first-order valence-corrected chi connectivity index (χ1v) is 7.58. The van der Waals surface area contributed by atoms with Crippen molar-refractivity contribution in [2.24, 2.45) is 0 Å². The molecule has 1 unspecified atom stereocenters. The largest absolute Gasteiger partial charge is 0.399 e. The second-order valence-corrected chi connectivity index (χ2v) is 6.56. The van der Waals surface area contributed by atoms with Gasteiger partial charge < -0.3 is 10.8 Å². The maximum absolute atomic E-state index is 13.3. The Morgan fingerprint density at radius 3 is 2.74 bits per heavy atom. The molecule has 1 aliphatic heterocycles. The maximum Gasteiger partial charge on any atom is 0.243 e. The van der Waals surface area contributed by atoms with E-state index in [0.29, 0.717) is 13.0 Å². The molecule has 7 heteroatoms. The lowest BCUT2D eigenvalue weighted by Crippen LogP contribution is -2.45. The SMILES string of the molecule is Nc1cc(F)cc(S(=O)(=O)N2CCCCC2CO)c1. The minimum absolute atomic E-state index is 0.0659. The number of benzene rings is 1. The van der Waals surface area contributed by atoms with Gasteiger partial charge in [-0.2, -0.15) is 4.31 Å². The highest BCUT2D eigenvalue weighted by atomic mass is 32.2. The molecule has 0 aromatic heterocycles. The van der Waals surface area contributed by atoms with E-state index in [9.17, 15) is 17.9 Å². The van der Waals surface area contributed by atoms with Crippen molar-refractivity contribution in [2.75, 3.05) is 18.9 Å². The van der Waals surface area contributed by atoms with Crippen LogP contribution in [-0.4, -0.2) is 37.0 Å². The van der Waals surface area contributed by atoms with Gasteiger partial charge in [0.25, 0.3) is 0 Å². The van der Waals surface area contributed by atoms with E-state index in [1.54, 1.807) is 0 Å². The second-order valence-electron chi connectivity index (χ2n) is 4.67. The number of nitrogens with zero attached hydrogens (tertiary/aromatic N) is 1. The topological polar surface area (TPSA) is 83.6 Å². The van der Waals surface area contributed by atoms with Crippen molar-refractivity contribution < 1.29 is 17.9 Å². The molecule has 2 rings (SSSR count). The summed E-state index contributed by atoms with van der Waals surface area (Å²) in [7, 11) is -3.81. The lowest BCUT2D eigenvalue weighted by atomic mass is 10.1. The van der Waals surface area contributed by atoms with Crippen molar-refractivity contribution in [3.8, 4) is 0 Å². The van der Waals surface area contributed by atoms with Crippen LogP contribution in [0.15, 0.2) is 23.1 Å². The quantitative estimate of drug-likeness (QED) is 0.811. The van der Waals surface area contributed by atoms with E-state index in [2.05, 4.69) is 0 Å². The summed E-state index contributed by atoms with van der Waals surface area (Å²) in [4.78, 5) is -0.162. The number of anilines is 1. The summed E-state index contributed by atoms with van der Waals surface area (Å²) in [6.45, 7) is 0.105. The highest BCUT2D eigenvalue weighted by molar-refractivity contribution is 7.89. The molecule has 0 radical (unpaired) electrons. The van der Waals surface area contributed by atoms with Crippen LogP contribution >= 0.6 is 0 Å². The predicted molar refractivity (Wildman–Crippen MR) is 69.4 cm³/mol. The van der Waals surface area contributed by atoms with Gasteiger partial charge in [-0.25, -0.2) is 12.8 Å². The number of piperidine rings is 1. The molecule has 1 aromatic carbocycles. The molecule has 1 saturated heterocycles. The summed E-state index contributed by atoms with van der Waals surface area (Å²) in [6.07, 6.45) is 2.23. The molecule has 0 aliphatic carbocycles. The summed E-state index contributed by atoms with van der Waals surface area (Å²) >= 11 is 0. The van der Waals surface area contributed by atoms with Gasteiger partial charge in [0.15, 0.2) is 0 Å². The highest BCUT2D eigenvalue weighted by Crippen LogP contribution is 2.26. The van der Waals surface area contributed by atoms with Gasteiger partial charge in [0.1, 0.15) is 5.82 Å². The zero-order chi connectivity index (χ0) is 14.0. The van der Waals surface area contributed by atoms with E-state index in [1.165, 1.54) is 10.4 Å². The Kier molecular flexibility index (Phi) is 4.07. The summed E-state index contributed by atoms with van der Waals surface area (Å²) in [5.74, 6) is -0.684. The Labute approximate surface area is 111 Å². The average molecular weight is 288 g/mol. The molecular formula is C12H17FN2O3S. The van der Waals surface area contributed by atoms with Gasteiger partial charge in [-0.3, -0.25) is 0 Å². The normalized spacial score (nSPS) is 21.5. The number of rotatable bonds is 3. The number of hydrogen-bond acceptors (Lipinski definition) is 4. The van der Waals surface area contributed by atoms with Gasteiger partial charge in [0.05, 0.1) is 11.5 Å². The summed E-state index contributed by atoms with van der Waals surface area (Å²) in [6, 6.07) is 2.82. The van der Waals surface area contributed by atoms with Crippen molar-refractivity contribution in [1.82, 2.24) is 4.31 Å². The predicted octanol–water partition coefficient (Wildman–Crippen LogP) is 0.943. The Balaban J connectivity index is 2.40. The van der Waals surface area contributed by atoms with E-state index < -0.39 is 21.9 Å². The first kappa shape index (κ1) is 14.2. The van der Waals surface area contributed by atoms with Crippen LogP contribution in [0.3, 0.4) is 0 Å². The maximum atomic E-state index is 13.3. The van der Waals surface area contributed by atoms with Crippen LogP contribution in [0.25, 0.3) is 0 Å². The van der Waals surface area contributed by atoms with Crippen LogP contribution in [0.1, 0.15) is 19.3 Å². The van der Waals surface area contributed by atoms with Gasteiger partial charge >= 0.3 is 0 Å². The van der Waals surface area contributed by atoms with Crippen molar-refractivity contribution in [2.45, 2.75) is 30.2 Å². The van der Waals surface area contributed by atoms with Crippen LogP contribution < -0.4 is 5.73 Å². The van der Waals surface area contributed by atoms with Gasteiger partial charge in [0, 0.05) is 18.3 Å². The van der Waals surface area contributed by atoms with E-state index in [-0.39, 0.29) is 17.2 Å². The Morgan fingerprint density at radius 1 is 1.37 bits per heavy atom. The number of hydrogen-bond donors (Lipinski definition) is 2. The number of nitrogens with two attached hydrogens (primary N) is 1. The first-order chi connectivity index (χ1) is 8.95. The third-order valence-electron chi connectivity index (χ3n) is 3.28. The molecule has 1 atom stereocenters. The summed E-state index contributed by atoms with van der Waals surface area (Å²) in [5.41, 5.74) is 5.55. The third-order valence-corrected chi connectivity index (χ3v) is 5.21. The molecule has 1 aliphatic rings. The van der Waals surface area contributed by atoms with Crippen molar-refractivity contribution in [3.63, 3.8) is 0 Å². The van der Waals surface area contributed by atoms with Crippen molar-refractivity contribution >= 4 is 15.7 Å². The highest BCUT2D eigenvalue weighted by Gasteiger charge is 2.33. The first-order valence-electron chi connectivity index (χ1n) is 6.14. The van der Waals surface area contributed by atoms with Gasteiger partial charge in [-0.05, 0) is 31.0 Å². The Bertz CT molecular complexity index is 542. The molecule has 1 aromatic rings. The van der Waals surface area contributed by atoms with Crippen LogP contribution in [-0.2, 0) is 10.0 Å². The Hall–Kier alpha value is -1.18. The van der Waals surface area contributed by atoms with Gasteiger partial charge in [-0.1, -0.05) is 6.42 Å². The minimum atomic E-state index is -3.81. The van der Waals surface area contributed by atoms with Crippen LogP contribution in [0.5, 0.6) is 0 Å². The molecule has 1 fully saturated rings. The monoisotopic (exact) mass is 288 g/mol. The summed E-state index contributed by atoms with van der Waals surface area (Å²) < 4.78 is 39.4. The molecule has 5 nitrogen and oxygen atoms in total. The number of aliphatic hydroxyl groups is 1. The van der Waals surface area contributed by atoms with E-state index in [4.69, 9.17) is 5.73 Å².